The molecule has 0 atom stereocenters. The van der Waals surface area contributed by atoms with Crippen LogP contribution in [0.5, 0.6) is 0 Å². The number of amides is 1. The summed E-state index contributed by atoms with van der Waals surface area (Å²) in [6.45, 7) is 0.318. The Morgan fingerprint density at radius 2 is 1.81 bits per heavy atom. The van der Waals surface area contributed by atoms with Gasteiger partial charge < -0.3 is 5.32 Å². The van der Waals surface area contributed by atoms with E-state index in [1.54, 1.807) is 18.3 Å². The molecule has 0 saturated heterocycles. The monoisotopic (exact) mass is 426 g/mol. The molecule has 0 radical (unpaired) electrons. The van der Waals surface area contributed by atoms with Crippen molar-refractivity contribution < 1.29 is 4.79 Å². The Labute approximate surface area is 182 Å². The van der Waals surface area contributed by atoms with Gasteiger partial charge in [-0.05, 0) is 46.8 Å². The van der Waals surface area contributed by atoms with Gasteiger partial charge in [-0.3, -0.25) is 9.20 Å². The third-order valence-corrected chi connectivity index (χ3v) is 5.88. The second-order valence-corrected chi connectivity index (χ2v) is 7.97. The van der Waals surface area contributed by atoms with Crippen LogP contribution in [-0.4, -0.2) is 20.1 Å². The Morgan fingerprint density at radius 1 is 0.968 bits per heavy atom. The predicted octanol–water partition coefficient (Wildman–Crippen LogP) is 4.53. The van der Waals surface area contributed by atoms with E-state index in [1.807, 2.05) is 72.1 Å². The Balaban J connectivity index is 1.38. The SMILES string of the molecule is O=C(Nc1cccc(Cn2nc3ccccn3c2=O)c1)c1sccc1-c1ccccc1. The highest BCUT2D eigenvalue weighted by molar-refractivity contribution is 7.12. The van der Waals surface area contributed by atoms with Crippen molar-refractivity contribution in [1.82, 2.24) is 14.2 Å². The van der Waals surface area contributed by atoms with Gasteiger partial charge in [-0.2, -0.15) is 0 Å². The highest BCUT2D eigenvalue weighted by Gasteiger charge is 2.15. The standard InChI is InChI=1S/C24H18N4O2S/c29-23(22-20(12-14-31-22)18-8-2-1-3-9-18)25-19-10-6-7-17(15-19)16-28-24(30)27-13-5-4-11-21(27)26-28/h1-15H,16H2,(H,25,29). The minimum absolute atomic E-state index is 0.157. The maximum atomic E-state index is 12.9. The molecule has 1 amide bonds. The van der Waals surface area contributed by atoms with E-state index >= 15 is 0 Å². The minimum Gasteiger partial charge on any atom is -0.321 e. The number of nitrogens with one attached hydrogen (secondary N) is 1. The van der Waals surface area contributed by atoms with Crippen LogP contribution in [0.1, 0.15) is 15.2 Å². The summed E-state index contributed by atoms with van der Waals surface area (Å²) in [5, 5.41) is 9.27. The summed E-state index contributed by atoms with van der Waals surface area (Å²) in [5.74, 6) is -0.157. The molecule has 1 N–H and O–H groups in total. The van der Waals surface area contributed by atoms with Gasteiger partial charge in [0, 0.05) is 17.4 Å². The number of fused-ring (bicyclic) bond motifs is 1. The summed E-state index contributed by atoms with van der Waals surface area (Å²) in [6, 6.07) is 24.7. The van der Waals surface area contributed by atoms with Crippen LogP contribution in [0.25, 0.3) is 16.8 Å². The van der Waals surface area contributed by atoms with Crippen LogP contribution in [0.2, 0.25) is 0 Å². The lowest BCUT2D eigenvalue weighted by atomic mass is 10.1. The molecule has 0 unspecified atom stereocenters. The molecule has 0 bridgehead atoms. The van der Waals surface area contributed by atoms with Crippen LogP contribution >= 0.6 is 11.3 Å². The van der Waals surface area contributed by atoms with Crippen LogP contribution in [0.15, 0.2) is 95.2 Å². The molecule has 0 spiro atoms. The first kappa shape index (κ1) is 19.0. The van der Waals surface area contributed by atoms with Crippen LogP contribution < -0.4 is 11.0 Å². The van der Waals surface area contributed by atoms with Crippen LogP contribution in [0, 0.1) is 0 Å². The molecule has 0 fully saturated rings. The van der Waals surface area contributed by atoms with Gasteiger partial charge in [0.1, 0.15) is 0 Å². The average molecular weight is 427 g/mol. The zero-order valence-corrected chi connectivity index (χ0v) is 17.3. The summed E-state index contributed by atoms with van der Waals surface area (Å²) < 4.78 is 2.93. The van der Waals surface area contributed by atoms with Gasteiger partial charge in [-0.25, -0.2) is 9.48 Å². The first-order chi connectivity index (χ1) is 15.2. The Kier molecular flexibility index (Phi) is 4.93. The van der Waals surface area contributed by atoms with Crippen molar-refractivity contribution in [2.75, 3.05) is 5.32 Å². The quantitative estimate of drug-likeness (QED) is 0.449. The molecule has 0 aliphatic heterocycles. The lowest BCUT2D eigenvalue weighted by molar-refractivity contribution is 0.103. The lowest BCUT2D eigenvalue weighted by Gasteiger charge is -2.08. The molecular formula is C24H18N4O2S. The van der Waals surface area contributed by atoms with Crippen molar-refractivity contribution in [3.8, 4) is 11.1 Å². The second-order valence-electron chi connectivity index (χ2n) is 7.05. The summed E-state index contributed by atoms with van der Waals surface area (Å²) in [6.07, 6.45) is 1.70. The van der Waals surface area contributed by atoms with Crippen molar-refractivity contribution in [3.05, 3.63) is 111 Å². The molecule has 3 aromatic heterocycles. The van der Waals surface area contributed by atoms with Crippen LogP contribution in [0.4, 0.5) is 5.69 Å². The number of rotatable bonds is 5. The largest absolute Gasteiger partial charge is 0.350 e. The molecular weight excluding hydrogens is 408 g/mol. The number of nitrogens with zero attached hydrogens (tertiary/aromatic N) is 3. The highest BCUT2D eigenvalue weighted by atomic mass is 32.1. The predicted molar refractivity (Wildman–Crippen MR) is 123 cm³/mol. The number of hydrogen-bond donors (Lipinski definition) is 1. The summed E-state index contributed by atoms with van der Waals surface area (Å²) in [7, 11) is 0. The average Bonchev–Trinajstić information content (AvgIpc) is 3.40. The zero-order valence-electron chi connectivity index (χ0n) is 16.4. The molecule has 0 saturated carbocycles. The van der Waals surface area contributed by atoms with E-state index < -0.39 is 0 Å². The zero-order chi connectivity index (χ0) is 21.2. The van der Waals surface area contributed by atoms with Gasteiger partial charge in [0.05, 0.1) is 11.4 Å². The number of carbonyl (C=O) groups is 1. The van der Waals surface area contributed by atoms with E-state index in [1.165, 1.54) is 20.4 Å². The third-order valence-electron chi connectivity index (χ3n) is 4.96. The molecule has 0 aliphatic rings. The Hall–Kier alpha value is -3.97. The van der Waals surface area contributed by atoms with E-state index in [0.29, 0.717) is 22.8 Å². The van der Waals surface area contributed by atoms with Gasteiger partial charge in [-0.1, -0.05) is 48.5 Å². The fraction of sp³-hybridized carbons (Fsp3) is 0.0417. The molecule has 7 heteroatoms. The minimum atomic E-state index is -0.198. The highest BCUT2D eigenvalue weighted by Crippen LogP contribution is 2.29. The number of benzene rings is 2. The van der Waals surface area contributed by atoms with Crippen molar-refractivity contribution in [2.45, 2.75) is 6.54 Å². The molecule has 152 valence electrons. The van der Waals surface area contributed by atoms with E-state index in [2.05, 4.69) is 10.4 Å². The first-order valence-corrected chi connectivity index (χ1v) is 10.6. The fourth-order valence-electron chi connectivity index (χ4n) is 3.51. The molecule has 31 heavy (non-hydrogen) atoms. The summed E-state index contributed by atoms with van der Waals surface area (Å²) in [4.78, 5) is 26.1. The Morgan fingerprint density at radius 3 is 2.65 bits per heavy atom. The van der Waals surface area contributed by atoms with E-state index in [-0.39, 0.29) is 11.6 Å². The smallest absolute Gasteiger partial charge is 0.321 e. The van der Waals surface area contributed by atoms with Gasteiger partial charge in [0.25, 0.3) is 5.91 Å². The third kappa shape index (κ3) is 3.78. The van der Waals surface area contributed by atoms with Crippen molar-refractivity contribution in [2.24, 2.45) is 0 Å². The summed E-state index contributed by atoms with van der Waals surface area (Å²) >= 11 is 1.41. The topological polar surface area (TPSA) is 68.4 Å². The normalized spacial score (nSPS) is 11.0. The van der Waals surface area contributed by atoms with Crippen LogP contribution in [-0.2, 0) is 6.54 Å². The van der Waals surface area contributed by atoms with Gasteiger partial charge in [0.2, 0.25) is 0 Å². The number of hydrogen-bond acceptors (Lipinski definition) is 4. The van der Waals surface area contributed by atoms with Crippen LogP contribution in [0.3, 0.4) is 0 Å². The molecule has 3 heterocycles. The fourth-order valence-corrected chi connectivity index (χ4v) is 4.32. The number of thiophene rings is 1. The second kappa shape index (κ2) is 8.04. The molecule has 5 aromatic rings. The number of aromatic nitrogens is 3. The van der Waals surface area contributed by atoms with Gasteiger partial charge >= 0.3 is 5.69 Å². The van der Waals surface area contributed by atoms with E-state index in [0.717, 1.165) is 16.7 Å². The number of carbonyl (C=O) groups excluding carboxylic acids is 1. The van der Waals surface area contributed by atoms with E-state index in [9.17, 15) is 9.59 Å². The molecule has 5 rings (SSSR count). The molecule has 0 aliphatic carbocycles. The van der Waals surface area contributed by atoms with Gasteiger partial charge in [-0.15, -0.1) is 16.4 Å². The molecule has 2 aromatic carbocycles. The number of anilines is 1. The maximum Gasteiger partial charge on any atom is 0.350 e. The van der Waals surface area contributed by atoms with E-state index in [4.69, 9.17) is 0 Å². The first-order valence-electron chi connectivity index (χ1n) is 9.76. The number of pyridine rings is 1. The van der Waals surface area contributed by atoms with Crippen molar-refractivity contribution >= 4 is 28.6 Å². The van der Waals surface area contributed by atoms with Crippen molar-refractivity contribution in [1.29, 1.82) is 0 Å². The van der Waals surface area contributed by atoms with Crippen molar-refractivity contribution in [3.63, 3.8) is 0 Å². The lowest BCUT2D eigenvalue weighted by Crippen LogP contribution is -2.21. The summed E-state index contributed by atoms with van der Waals surface area (Å²) in [5.41, 5.74) is 3.87. The van der Waals surface area contributed by atoms with Gasteiger partial charge in [0.15, 0.2) is 5.65 Å². The Bertz CT molecular complexity index is 1430. The maximum absolute atomic E-state index is 12.9. The molecule has 6 nitrogen and oxygen atoms in total.